The highest BCUT2D eigenvalue weighted by atomic mass is 19.1. The number of aromatic nitrogens is 4. The third kappa shape index (κ3) is 10.5. The van der Waals surface area contributed by atoms with Gasteiger partial charge in [0.05, 0.1) is 60.5 Å². The summed E-state index contributed by atoms with van der Waals surface area (Å²) in [4.78, 5) is 77.4. The molecule has 11 rings (SSSR count). The lowest BCUT2D eigenvalue weighted by Crippen LogP contribution is -2.51. The second-order valence-electron chi connectivity index (χ2n) is 23.0. The molecule has 81 heavy (non-hydrogen) atoms. The number of anilines is 2. The van der Waals surface area contributed by atoms with Crippen LogP contribution in [-0.2, 0) is 24.5 Å². The van der Waals surface area contributed by atoms with Crippen LogP contribution in [0.25, 0.3) is 22.1 Å². The first kappa shape index (κ1) is 54.9. The predicted octanol–water partition coefficient (Wildman–Crippen LogP) is 11.5. The van der Waals surface area contributed by atoms with Crippen molar-refractivity contribution >= 4 is 57.4 Å². The summed E-state index contributed by atoms with van der Waals surface area (Å²) in [6.45, 7) is 9.48. The van der Waals surface area contributed by atoms with Crippen molar-refractivity contribution in [2.75, 3.05) is 50.2 Å². The van der Waals surface area contributed by atoms with Crippen molar-refractivity contribution in [1.29, 1.82) is 0 Å². The van der Waals surface area contributed by atoms with Crippen LogP contribution >= 0.6 is 0 Å². The summed E-state index contributed by atoms with van der Waals surface area (Å²) >= 11 is 0. The minimum atomic E-state index is -0.775. The Labute approximate surface area is 471 Å². The van der Waals surface area contributed by atoms with Crippen LogP contribution in [0.3, 0.4) is 0 Å². The summed E-state index contributed by atoms with van der Waals surface area (Å²) in [7, 11) is 2.55. The highest BCUT2D eigenvalue weighted by Crippen LogP contribution is 2.50. The number of methoxy groups -OCH3 is 2. The van der Waals surface area contributed by atoms with E-state index in [1.54, 1.807) is 9.80 Å². The molecule has 6 atom stereocenters. The largest absolute Gasteiger partial charge is 0.453 e. The van der Waals surface area contributed by atoms with Crippen LogP contribution in [0.2, 0.25) is 0 Å². The number of amides is 4. The Kier molecular flexibility index (Phi) is 15.5. The molecule has 0 spiro atoms. The van der Waals surface area contributed by atoms with E-state index < -0.39 is 35.9 Å². The van der Waals surface area contributed by atoms with Gasteiger partial charge in [0.1, 0.15) is 29.4 Å². The van der Waals surface area contributed by atoms with Gasteiger partial charge in [0.15, 0.2) is 11.6 Å². The molecule has 6 heterocycles. The normalized spacial score (nSPS) is 20.8. The van der Waals surface area contributed by atoms with Gasteiger partial charge in [-0.2, -0.15) is 0 Å². The van der Waals surface area contributed by atoms with Crippen molar-refractivity contribution in [1.82, 2.24) is 40.4 Å². The summed E-state index contributed by atoms with van der Waals surface area (Å²) in [5.41, 5.74) is 7.29. The third-order valence-corrected chi connectivity index (χ3v) is 17.6. The first-order valence-corrected chi connectivity index (χ1v) is 28.6. The molecule has 4 N–H and O–H groups in total. The maximum atomic E-state index is 17.2. The van der Waals surface area contributed by atoms with E-state index in [9.17, 15) is 19.2 Å². The zero-order valence-electron chi connectivity index (χ0n) is 46.9. The van der Waals surface area contributed by atoms with Crippen molar-refractivity contribution < 1.29 is 37.4 Å². The molecule has 0 aliphatic carbocycles. The lowest BCUT2D eigenvalue weighted by Gasteiger charge is -2.44. The van der Waals surface area contributed by atoms with Crippen molar-refractivity contribution in [2.45, 2.75) is 121 Å². The van der Waals surface area contributed by atoms with Crippen molar-refractivity contribution in [3.8, 4) is 0 Å². The smallest absolute Gasteiger partial charge is 0.407 e. The fourth-order valence-electron chi connectivity index (χ4n) is 13.4. The Bertz CT molecular complexity index is 3220. The van der Waals surface area contributed by atoms with E-state index in [-0.39, 0.29) is 58.9 Å². The molecule has 5 aromatic carbocycles. The number of alkyl carbamates (subject to hydrolysis) is 2. The Morgan fingerprint density at radius 3 is 1.42 bits per heavy atom. The van der Waals surface area contributed by atoms with Crippen LogP contribution in [0.1, 0.15) is 137 Å². The number of benzene rings is 5. The highest BCUT2D eigenvalue weighted by Gasteiger charge is 2.43. The quantitative estimate of drug-likeness (QED) is 0.0818. The van der Waals surface area contributed by atoms with E-state index in [1.165, 1.54) is 37.5 Å². The zero-order valence-corrected chi connectivity index (χ0v) is 46.9. The molecule has 4 fully saturated rings. The molecule has 0 bridgehead atoms. The Balaban J connectivity index is 0.921. The maximum absolute atomic E-state index is 17.2. The van der Waals surface area contributed by atoms with Gasteiger partial charge in [0, 0.05) is 37.3 Å². The molecule has 0 radical (unpaired) electrons. The average molecular weight is 1100 g/mol. The first-order valence-electron chi connectivity index (χ1n) is 28.6. The summed E-state index contributed by atoms with van der Waals surface area (Å²) < 4.78 is 44.2. The molecule has 18 heteroatoms. The summed E-state index contributed by atoms with van der Waals surface area (Å²) in [5, 5.41) is 5.45. The molecular weight excluding hydrogens is 1030 g/mol. The van der Waals surface area contributed by atoms with E-state index in [0.29, 0.717) is 82.0 Å². The number of ether oxygens (including phenoxy) is 2. The molecule has 4 saturated heterocycles. The summed E-state index contributed by atoms with van der Waals surface area (Å²) in [6, 6.07) is 33.1. The van der Waals surface area contributed by atoms with Crippen LogP contribution < -0.4 is 20.4 Å². The number of hydrogen-bond acceptors (Lipinski definition) is 10. The minimum absolute atomic E-state index is 0.0287. The standard InChI is InChI=1S/C63H72F2N10O6/c1-37(2)54(70-61(78)80-5)59(76)73-29-13-19-52(73)57-66-46-23-21-39(33-48(46)68-57)50-25-26-51(40-22-24-47-49(34-40)69-58(67-47)53-20-14-30-74(53)60(77)55(38(3)4)71-62(79)81-6)75(50)43-35-44(64)56(45(65)36-43)72-31-27-63(28-32-72,41-15-9-7-10-16-41)42-17-11-8-12-18-42/h7-12,15-18,21-24,33-38,50-55H,13-14,19-20,25-32H2,1-6H3,(H,66,68)(H,67,69)(H,70,78)(H,71,79)/t50-,51-,52+,53+,54+,55+/m1/s1. The number of hydrogen-bond donors (Lipinski definition) is 4. The molecule has 4 aliphatic rings. The molecular formula is C63H72F2N10O6. The fourth-order valence-corrected chi connectivity index (χ4v) is 13.4. The van der Waals surface area contributed by atoms with Crippen LogP contribution in [0.15, 0.2) is 109 Å². The Morgan fingerprint density at radius 1 is 0.580 bits per heavy atom. The van der Waals surface area contributed by atoms with Crippen molar-refractivity contribution in [3.05, 3.63) is 155 Å². The van der Waals surface area contributed by atoms with E-state index in [0.717, 1.165) is 46.0 Å². The van der Waals surface area contributed by atoms with Crippen LogP contribution in [0.5, 0.6) is 0 Å². The lowest BCUT2D eigenvalue weighted by molar-refractivity contribution is -0.136. The number of carbonyl (C=O) groups is 4. The third-order valence-electron chi connectivity index (χ3n) is 17.6. The highest BCUT2D eigenvalue weighted by molar-refractivity contribution is 5.88. The molecule has 2 aromatic heterocycles. The topological polar surface area (TPSA) is 181 Å². The number of H-pyrrole nitrogens is 2. The van der Waals surface area contributed by atoms with Crippen LogP contribution in [0, 0.1) is 23.5 Å². The second kappa shape index (κ2) is 22.8. The zero-order chi connectivity index (χ0) is 56.7. The number of nitrogens with zero attached hydrogens (tertiary/aromatic N) is 6. The minimum Gasteiger partial charge on any atom is -0.453 e. The Morgan fingerprint density at radius 2 is 1.01 bits per heavy atom. The molecule has 0 saturated carbocycles. The number of nitrogens with one attached hydrogen (secondary N) is 4. The molecule has 16 nitrogen and oxygen atoms in total. The number of aromatic amines is 2. The van der Waals surface area contributed by atoms with Gasteiger partial charge in [-0.25, -0.2) is 28.3 Å². The van der Waals surface area contributed by atoms with Gasteiger partial charge in [-0.3, -0.25) is 9.59 Å². The summed E-state index contributed by atoms with van der Waals surface area (Å²) in [6.07, 6.45) is 4.25. The average Bonchev–Trinajstić information content (AvgIpc) is 4.47. The van der Waals surface area contributed by atoms with E-state index in [4.69, 9.17) is 19.4 Å². The van der Waals surface area contributed by atoms with Gasteiger partial charge in [0.25, 0.3) is 0 Å². The fraction of sp³-hybridized carbons (Fsp3) is 0.429. The number of fused-ring (bicyclic) bond motifs is 2. The van der Waals surface area contributed by atoms with Gasteiger partial charge < -0.3 is 49.7 Å². The summed E-state index contributed by atoms with van der Waals surface area (Å²) in [5.74, 6) is -0.726. The van der Waals surface area contributed by atoms with Crippen LogP contribution in [-0.4, -0.2) is 106 Å². The number of halogens is 2. The van der Waals surface area contributed by atoms with Crippen LogP contribution in [0.4, 0.5) is 29.7 Å². The molecule has 7 aromatic rings. The number of piperidine rings is 1. The number of carbonyl (C=O) groups excluding carboxylic acids is 4. The number of imidazole rings is 2. The van der Waals surface area contributed by atoms with Gasteiger partial charge in [-0.05, 0) is 122 Å². The molecule has 4 amide bonds. The Hall–Kier alpha value is -8.02. The second-order valence-corrected chi connectivity index (χ2v) is 23.0. The van der Waals surface area contributed by atoms with Gasteiger partial charge in [-0.1, -0.05) is 100 Å². The van der Waals surface area contributed by atoms with E-state index in [1.807, 2.05) is 69.0 Å². The molecule has 0 unspecified atom stereocenters. The van der Waals surface area contributed by atoms with E-state index in [2.05, 4.69) is 86.2 Å². The maximum Gasteiger partial charge on any atom is 0.407 e. The van der Waals surface area contributed by atoms with Gasteiger partial charge in [-0.15, -0.1) is 0 Å². The van der Waals surface area contributed by atoms with Gasteiger partial charge >= 0.3 is 12.2 Å². The monoisotopic (exact) mass is 1100 g/mol. The SMILES string of the molecule is COC(=O)N[C@H](C(=O)N1CCC[C@H]1c1nc2ccc([C@H]3CC[C@H](c4ccc5nc([C@@H]6CCCN6C(=O)[C@@H](NC(=O)OC)C(C)C)[nH]c5c4)N3c3cc(F)c(N4CCC(c5ccccc5)(c5ccccc5)CC4)c(F)c3)cc2[nH]1)C(C)C. The van der Waals surface area contributed by atoms with Crippen molar-refractivity contribution in [3.63, 3.8) is 0 Å². The molecule has 4 aliphatic heterocycles. The predicted molar refractivity (Wildman–Crippen MR) is 307 cm³/mol. The van der Waals surface area contributed by atoms with Gasteiger partial charge in [0.2, 0.25) is 11.8 Å². The van der Waals surface area contributed by atoms with E-state index >= 15 is 8.78 Å². The first-order chi connectivity index (χ1) is 39.2. The number of rotatable bonds is 14. The lowest BCUT2D eigenvalue weighted by atomic mass is 9.68. The molecule has 424 valence electrons. The number of likely N-dealkylation sites (tertiary alicyclic amines) is 2. The van der Waals surface area contributed by atoms with Crippen molar-refractivity contribution in [2.24, 2.45) is 11.8 Å².